The van der Waals surface area contributed by atoms with Crippen molar-refractivity contribution in [2.75, 3.05) is 25.4 Å². The second-order valence-corrected chi connectivity index (χ2v) is 7.49. The normalized spacial score (nSPS) is 18.7. The van der Waals surface area contributed by atoms with E-state index in [1.807, 2.05) is 0 Å². The molecule has 1 saturated heterocycles. The van der Waals surface area contributed by atoms with Crippen molar-refractivity contribution in [2.24, 2.45) is 0 Å². The molecule has 0 saturated carbocycles. The fourth-order valence-corrected chi connectivity index (χ4v) is 3.55. The minimum Gasteiger partial charge on any atom is -0.481 e. The molecule has 126 valence electrons. The number of benzene rings is 1. The van der Waals surface area contributed by atoms with Crippen molar-refractivity contribution in [1.29, 1.82) is 0 Å². The number of hydrogen-bond acceptors (Lipinski definition) is 5. The van der Waals surface area contributed by atoms with E-state index in [1.54, 1.807) is 12.1 Å². The van der Waals surface area contributed by atoms with Gasteiger partial charge in [0.1, 0.15) is 0 Å². The van der Waals surface area contributed by atoms with Crippen molar-refractivity contribution in [3.05, 3.63) is 29.8 Å². The molecule has 8 heteroatoms. The Hall–Kier alpha value is -1.93. The lowest BCUT2D eigenvalue weighted by atomic mass is 10.1. The zero-order valence-electron chi connectivity index (χ0n) is 12.8. The third kappa shape index (κ3) is 4.08. The van der Waals surface area contributed by atoms with Crippen LogP contribution in [0, 0.1) is 0 Å². The lowest BCUT2D eigenvalue weighted by molar-refractivity contribution is -0.141. The van der Waals surface area contributed by atoms with Gasteiger partial charge in [-0.25, -0.2) is 8.42 Å². The van der Waals surface area contributed by atoms with Gasteiger partial charge in [-0.3, -0.25) is 9.59 Å². The molecule has 1 amide bonds. The second-order valence-electron chi connectivity index (χ2n) is 5.24. The molecule has 1 fully saturated rings. The summed E-state index contributed by atoms with van der Waals surface area (Å²) in [5, 5.41) is 8.83. The van der Waals surface area contributed by atoms with Gasteiger partial charge in [0.15, 0.2) is 9.84 Å². The van der Waals surface area contributed by atoms with Crippen molar-refractivity contribution in [1.82, 2.24) is 4.90 Å². The van der Waals surface area contributed by atoms with Crippen molar-refractivity contribution in [3.63, 3.8) is 0 Å². The Morgan fingerprint density at radius 3 is 2.70 bits per heavy atom. The Morgan fingerprint density at radius 2 is 2.04 bits per heavy atom. The average Bonchev–Trinajstić information content (AvgIpc) is 2.54. The standard InChI is InChI=1S/C15H19NO6S/c1-2-23(20,21)13-6-4-3-5-12(13)15(19)16-7-8-22-11(10-16)9-14(17)18/h3-6,11H,2,7-10H2,1H3,(H,17,18). The number of carboxylic acid groups (broad SMARTS) is 1. The number of carbonyl (C=O) groups excluding carboxylic acids is 1. The van der Waals surface area contributed by atoms with Crippen LogP contribution in [-0.2, 0) is 19.4 Å². The van der Waals surface area contributed by atoms with Crippen LogP contribution in [0.25, 0.3) is 0 Å². The first-order chi connectivity index (χ1) is 10.8. The van der Waals surface area contributed by atoms with Gasteiger partial charge in [-0.15, -0.1) is 0 Å². The molecule has 1 aliphatic heterocycles. The van der Waals surface area contributed by atoms with Gasteiger partial charge in [-0.05, 0) is 12.1 Å². The largest absolute Gasteiger partial charge is 0.481 e. The van der Waals surface area contributed by atoms with Crippen LogP contribution < -0.4 is 0 Å². The number of carbonyl (C=O) groups is 2. The van der Waals surface area contributed by atoms with Crippen LogP contribution >= 0.6 is 0 Å². The van der Waals surface area contributed by atoms with E-state index in [1.165, 1.54) is 24.0 Å². The van der Waals surface area contributed by atoms with Gasteiger partial charge in [-0.1, -0.05) is 19.1 Å². The van der Waals surface area contributed by atoms with E-state index >= 15 is 0 Å². The molecule has 0 radical (unpaired) electrons. The Kier molecular flexibility index (Phi) is 5.38. The molecule has 0 bridgehead atoms. The molecule has 1 atom stereocenters. The maximum absolute atomic E-state index is 12.7. The molecule has 2 rings (SSSR count). The predicted octanol–water partition coefficient (Wildman–Crippen LogP) is 0.796. The molecule has 7 nitrogen and oxygen atoms in total. The van der Waals surface area contributed by atoms with E-state index in [0.29, 0.717) is 6.54 Å². The number of nitrogens with zero attached hydrogens (tertiary/aromatic N) is 1. The Bertz CT molecular complexity index is 700. The van der Waals surface area contributed by atoms with E-state index < -0.39 is 27.8 Å². The fraction of sp³-hybridized carbons (Fsp3) is 0.467. The Labute approximate surface area is 134 Å². The molecule has 0 aliphatic carbocycles. The monoisotopic (exact) mass is 341 g/mol. The van der Waals surface area contributed by atoms with Crippen molar-refractivity contribution >= 4 is 21.7 Å². The van der Waals surface area contributed by atoms with Crippen molar-refractivity contribution in [2.45, 2.75) is 24.3 Å². The van der Waals surface area contributed by atoms with Crippen LogP contribution in [0.1, 0.15) is 23.7 Å². The molecular formula is C15H19NO6S. The number of sulfone groups is 1. The summed E-state index contributed by atoms with van der Waals surface area (Å²) in [5.74, 6) is -1.52. The number of ether oxygens (including phenoxy) is 1. The maximum atomic E-state index is 12.7. The third-order valence-electron chi connectivity index (χ3n) is 3.66. The topological polar surface area (TPSA) is 101 Å². The summed E-state index contributed by atoms with van der Waals surface area (Å²) >= 11 is 0. The molecule has 1 heterocycles. The van der Waals surface area contributed by atoms with E-state index in [9.17, 15) is 18.0 Å². The summed E-state index contributed by atoms with van der Waals surface area (Å²) < 4.78 is 29.6. The Balaban J connectivity index is 2.26. The van der Waals surface area contributed by atoms with Gasteiger partial charge in [0.25, 0.3) is 5.91 Å². The minimum atomic E-state index is -3.52. The van der Waals surface area contributed by atoms with Crippen LogP contribution in [0.3, 0.4) is 0 Å². The molecule has 0 aromatic heterocycles. The summed E-state index contributed by atoms with van der Waals surface area (Å²) in [5.41, 5.74) is 0.116. The summed E-state index contributed by atoms with van der Waals surface area (Å²) in [6.07, 6.45) is -0.779. The third-order valence-corrected chi connectivity index (χ3v) is 5.45. The van der Waals surface area contributed by atoms with Crippen molar-refractivity contribution < 1.29 is 27.9 Å². The van der Waals surface area contributed by atoms with E-state index in [0.717, 1.165) is 0 Å². The summed E-state index contributed by atoms with van der Waals surface area (Å²) in [6.45, 7) is 2.18. The molecule has 1 aromatic rings. The zero-order valence-corrected chi connectivity index (χ0v) is 13.6. The highest BCUT2D eigenvalue weighted by Gasteiger charge is 2.29. The van der Waals surface area contributed by atoms with E-state index in [2.05, 4.69) is 0 Å². The van der Waals surface area contributed by atoms with E-state index in [-0.39, 0.29) is 35.8 Å². The van der Waals surface area contributed by atoms with Gasteiger partial charge < -0.3 is 14.7 Å². The maximum Gasteiger partial charge on any atom is 0.306 e. The second kappa shape index (κ2) is 7.10. The van der Waals surface area contributed by atoms with Crippen LogP contribution in [0.5, 0.6) is 0 Å². The number of rotatable bonds is 5. The lowest BCUT2D eigenvalue weighted by Crippen LogP contribution is -2.46. The summed E-state index contributed by atoms with van der Waals surface area (Å²) in [7, 11) is -3.52. The molecular weight excluding hydrogens is 322 g/mol. The Morgan fingerprint density at radius 1 is 1.35 bits per heavy atom. The zero-order chi connectivity index (χ0) is 17.0. The van der Waals surface area contributed by atoms with Crippen LogP contribution in [0.15, 0.2) is 29.2 Å². The van der Waals surface area contributed by atoms with Crippen molar-refractivity contribution in [3.8, 4) is 0 Å². The van der Waals surface area contributed by atoms with E-state index in [4.69, 9.17) is 9.84 Å². The van der Waals surface area contributed by atoms with Gasteiger partial charge in [-0.2, -0.15) is 0 Å². The molecule has 23 heavy (non-hydrogen) atoms. The molecule has 1 aromatic carbocycles. The fourth-order valence-electron chi connectivity index (χ4n) is 2.46. The first-order valence-electron chi connectivity index (χ1n) is 7.29. The number of carboxylic acids is 1. The summed E-state index contributed by atoms with van der Waals surface area (Å²) in [6, 6.07) is 6.08. The number of aliphatic carboxylic acids is 1. The highest BCUT2D eigenvalue weighted by Crippen LogP contribution is 2.20. The number of morpholine rings is 1. The molecule has 1 N–H and O–H groups in total. The molecule has 1 aliphatic rings. The van der Waals surface area contributed by atoms with Crippen LogP contribution in [0.4, 0.5) is 0 Å². The highest BCUT2D eigenvalue weighted by atomic mass is 32.2. The predicted molar refractivity (Wildman–Crippen MR) is 82.1 cm³/mol. The van der Waals surface area contributed by atoms with Crippen LogP contribution in [-0.4, -0.2) is 61.9 Å². The number of amides is 1. The van der Waals surface area contributed by atoms with Gasteiger partial charge in [0.2, 0.25) is 0 Å². The van der Waals surface area contributed by atoms with Gasteiger partial charge in [0.05, 0.1) is 35.3 Å². The average molecular weight is 341 g/mol. The lowest BCUT2D eigenvalue weighted by Gasteiger charge is -2.32. The first kappa shape index (κ1) is 17.4. The number of hydrogen-bond donors (Lipinski definition) is 1. The highest BCUT2D eigenvalue weighted by molar-refractivity contribution is 7.91. The van der Waals surface area contributed by atoms with Crippen LogP contribution in [0.2, 0.25) is 0 Å². The molecule has 0 spiro atoms. The smallest absolute Gasteiger partial charge is 0.306 e. The SMILES string of the molecule is CCS(=O)(=O)c1ccccc1C(=O)N1CCOC(CC(=O)O)C1. The van der Waals surface area contributed by atoms with Gasteiger partial charge >= 0.3 is 5.97 Å². The van der Waals surface area contributed by atoms with Gasteiger partial charge in [0, 0.05) is 13.1 Å². The minimum absolute atomic E-state index is 0.00813. The quantitative estimate of drug-likeness (QED) is 0.850. The summed E-state index contributed by atoms with van der Waals surface area (Å²) in [4.78, 5) is 24.9. The first-order valence-corrected chi connectivity index (χ1v) is 8.95. The molecule has 1 unspecified atom stereocenters.